The molecule has 14 heavy (non-hydrogen) atoms. The SMILES string of the molecule is O=[N+]([O-])c1cc(Br)cc([N+](=O)[O-])c1Cl. The van der Waals surface area contributed by atoms with E-state index in [0.29, 0.717) is 0 Å². The van der Waals surface area contributed by atoms with Crippen LogP contribution in [-0.2, 0) is 0 Å². The molecule has 74 valence electrons. The first-order valence-corrected chi connectivity index (χ1v) is 4.38. The van der Waals surface area contributed by atoms with Crippen LogP contribution in [0.4, 0.5) is 11.4 Å². The van der Waals surface area contributed by atoms with E-state index in [1.165, 1.54) is 0 Å². The standard InChI is InChI=1S/C6H2BrClN2O4/c7-3-1-4(9(11)12)6(8)5(2-3)10(13)14/h1-2H. The number of nitro groups is 2. The summed E-state index contributed by atoms with van der Waals surface area (Å²) in [5.41, 5.74) is -0.986. The van der Waals surface area contributed by atoms with Crippen LogP contribution in [0, 0.1) is 20.2 Å². The minimum absolute atomic E-state index is 0.236. The predicted molar refractivity (Wildman–Crippen MR) is 52.5 cm³/mol. The molecule has 0 atom stereocenters. The van der Waals surface area contributed by atoms with Crippen LogP contribution in [-0.4, -0.2) is 9.85 Å². The van der Waals surface area contributed by atoms with Crippen LogP contribution in [0.15, 0.2) is 16.6 Å². The molecule has 1 aromatic carbocycles. The Hall–Kier alpha value is -1.21. The Kier molecular flexibility index (Phi) is 3.02. The van der Waals surface area contributed by atoms with Crippen LogP contribution >= 0.6 is 27.5 Å². The second kappa shape index (κ2) is 3.89. The molecule has 0 saturated carbocycles. The Morgan fingerprint density at radius 3 is 1.79 bits per heavy atom. The van der Waals surface area contributed by atoms with Crippen molar-refractivity contribution >= 4 is 38.9 Å². The van der Waals surface area contributed by atoms with E-state index in [1.54, 1.807) is 0 Å². The van der Waals surface area contributed by atoms with Crippen LogP contribution in [0.25, 0.3) is 0 Å². The molecule has 1 aromatic rings. The highest BCUT2D eigenvalue weighted by molar-refractivity contribution is 9.10. The van der Waals surface area contributed by atoms with Gasteiger partial charge in [0.1, 0.15) is 0 Å². The van der Waals surface area contributed by atoms with E-state index in [4.69, 9.17) is 11.6 Å². The number of nitro benzene ring substituents is 2. The van der Waals surface area contributed by atoms with Crippen LogP contribution in [0.2, 0.25) is 5.02 Å². The highest BCUT2D eigenvalue weighted by atomic mass is 79.9. The number of benzene rings is 1. The van der Waals surface area contributed by atoms with Crippen molar-refractivity contribution in [2.24, 2.45) is 0 Å². The van der Waals surface area contributed by atoms with E-state index in [0.717, 1.165) is 12.1 Å². The van der Waals surface area contributed by atoms with Gasteiger partial charge in [0, 0.05) is 16.6 Å². The molecule has 0 unspecified atom stereocenters. The Balaban J connectivity index is 3.47. The van der Waals surface area contributed by atoms with Gasteiger partial charge in [0.25, 0.3) is 11.4 Å². The lowest BCUT2D eigenvalue weighted by molar-refractivity contribution is -0.394. The fourth-order valence-electron chi connectivity index (χ4n) is 0.827. The van der Waals surface area contributed by atoms with Gasteiger partial charge in [-0.15, -0.1) is 0 Å². The van der Waals surface area contributed by atoms with Crippen LogP contribution in [0.5, 0.6) is 0 Å². The van der Waals surface area contributed by atoms with Gasteiger partial charge < -0.3 is 0 Å². The van der Waals surface area contributed by atoms with Crippen LogP contribution < -0.4 is 0 Å². The third-order valence-corrected chi connectivity index (χ3v) is 2.24. The lowest BCUT2D eigenvalue weighted by Gasteiger charge is -1.97. The van der Waals surface area contributed by atoms with E-state index >= 15 is 0 Å². The number of hydrogen-bond acceptors (Lipinski definition) is 4. The molecule has 0 amide bonds. The second-order valence-corrected chi connectivity index (χ2v) is 3.57. The van der Waals surface area contributed by atoms with Crippen molar-refractivity contribution in [1.29, 1.82) is 0 Å². The third-order valence-electron chi connectivity index (χ3n) is 1.39. The largest absolute Gasteiger partial charge is 0.296 e. The molecule has 0 radical (unpaired) electrons. The smallest absolute Gasteiger partial charge is 0.258 e. The fraction of sp³-hybridized carbons (Fsp3) is 0. The summed E-state index contributed by atoms with van der Waals surface area (Å²) < 4.78 is 0.236. The molecule has 0 spiro atoms. The summed E-state index contributed by atoms with van der Waals surface area (Å²) in [5.74, 6) is 0. The normalized spacial score (nSPS) is 9.86. The first-order valence-electron chi connectivity index (χ1n) is 3.21. The molecule has 0 aliphatic heterocycles. The maximum atomic E-state index is 10.4. The quantitative estimate of drug-likeness (QED) is 0.616. The van der Waals surface area contributed by atoms with Gasteiger partial charge in [-0.05, 0) is 0 Å². The second-order valence-electron chi connectivity index (χ2n) is 2.27. The molecule has 0 N–H and O–H groups in total. The highest BCUT2D eigenvalue weighted by Gasteiger charge is 2.24. The number of hydrogen-bond donors (Lipinski definition) is 0. The molecule has 0 bridgehead atoms. The molecule has 1 rings (SSSR count). The molecule has 0 heterocycles. The molecule has 0 saturated heterocycles. The molecular weight excluding hydrogens is 279 g/mol. The Morgan fingerprint density at radius 1 is 1.14 bits per heavy atom. The maximum Gasteiger partial charge on any atom is 0.296 e. The molecule has 8 heteroatoms. The maximum absolute atomic E-state index is 10.4. The highest BCUT2D eigenvalue weighted by Crippen LogP contribution is 2.36. The van der Waals surface area contributed by atoms with E-state index in [-0.39, 0.29) is 4.47 Å². The van der Waals surface area contributed by atoms with Gasteiger partial charge in [0.05, 0.1) is 9.85 Å². The Labute approximate surface area is 90.9 Å². The summed E-state index contributed by atoms with van der Waals surface area (Å²) in [4.78, 5) is 19.3. The van der Waals surface area contributed by atoms with E-state index in [1.807, 2.05) is 0 Å². The minimum Gasteiger partial charge on any atom is -0.258 e. The summed E-state index contributed by atoms with van der Waals surface area (Å²) in [6.07, 6.45) is 0. The van der Waals surface area contributed by atoms with Gasteiger partial charge in [-0.3, -0.25) is 20.2 Å². The summed E-state index contributed by atoms with van der Waals surface area (Å²) in [7, 11) is 0. The molecule has 0 aliphatic carbocycles. The summed E-state index contributed by atoms with van der Waals surface area (Å²) in [6.45, 7) is 0. The zero-order chi connectivity index (χ0) is 10.9. The van der Waals surface area contributed by atoms with Gasteiger partial charge in [-0.25, -0.2) is 0 Å². The van der Waals surface area contributed by atoms with Gasteiger partial charge in [-0.1, -0.05) is 27.5 Å². The number of halogens is 2. The summed E-state index contributed by atoms with van der Waals surface area (Å²) in [6, 6.07) is 2.21. The Morgan fingerprint density at radius 2 is 1.50 bits per heavy atom. The monoisotopic (exact) mass is 280 g/mol. The van der Waals surface area contributed by atoms with Crippen molar-refractivity contribution in [2.45, 2.75) is 0 Å². The first-order chi connectivity index (χ1) is 6.43. The van der Waals surface area contributed by atoms with E-state index in [9.17, 15) is 20.2 Å². The topological polar surface area (TPSA) is 86.3 Å². The molecule has 6 nitrogen and oxygen atoms in total. The van der Waals surface area contributed by atoms with E-state index in [2.05, 4.69) is 15.9 Å². The van der Waals surface area contributed by atoms with Gasteiger partial charge in [0.2, 0.25) is 0 Å². The van der Waals surface area contributed by atoms with Crippen molar-refractivity contribution in [3.8, 4) is 0 Å². The average Bonchev–Trinajstić information content (AvgIpc) is 2.07. The lowest BCUT2D eigenvalue weighted by atomic mass is 10.3. The molecule has 0 aliphatic rings. The molecule has 0 fully saturated rings. The molecule has 0 aromatic heterocycles. The predicted octanol–water partition coefficient (Wildman–Crippen LogP) is 2.92. The van der Waals surface area contributed by atoms with Crippen molar-refractivity contribution in [1.82, 2.24) is 0 Å². The van der Waals surface area contributed by atoms with Crippen molar-refractivity contribution in [3.63, 3.8) is 0 Å². The van der Waals surface area contributed by atoms with Crippen LogP contribution in [0.3, 0.4) is 0 Å². The average molecular weight is 281 g/mol. The Bertz CT molecular complexity index is 387. The minimum atomic E-state index is -0.778. The van der Waals surface area contributed by atoms with Crippen molar-refractivity contribution in [2.75, 3.05) is 0 Å². The third kappa shape index (κ3) is 1.99. The van der Waals surface area contributed by atoms with Gasteiger partial charge in [-0.2, -0.15) is 0 Å². The number of rotatable bonds is 2. The summed E-state index contributed by atoms with van der Waals surface area (Å²) in [5, 5.41) is 20.4. The van der Waals surface area contributed by atoms with Gasteiger partial charge >= 0.3 is 0 Å². The first kappa shape index (κ1) is 10.9. The van der Waals surface area contributed by atoms with Crippen molar-refractivity contribution in [3.05, 3.63) is 41.9 Å². The number of nitrogens with zero attached hydrogens (tertiary/aromatic N) is 2. The fourth-order valence-corrected chi connectivity index (χ4v) is 1.51. The van der Waals surface area contributed by atoms with E-state index < -0.39 is 26.2 Å². The lowest BCUT2D eigenvalue weighted by Crippen LogP contribution is -1.94. The zero-order valence-electron chi connectivity index (χ0n) is 6.44. The molecular formula is C6H2BrClN2O4. The summed E-state index contributed by atoms with van der Waals surface area (Å²) >= 11 is 8.38. The van der Waals surface area contributed by atoms with Gasteiger partial charge in [0.15, 0.2) is 5.02 Å². The van der Waals surface area contributed by atoms with Crippen molar-refractivity contribution < 1.29 is 9.85 Å². The van der Waals surface area contributed by atoms with Crippen LogP contribution in [0.1, 0.15) is 0 Å². The zero-order valence-corrected chi connectivity index (χ0v) is 8.78.